The van der Waals surface area contributed by atoms with Gasteiger partial charge >= 0.3 is 5.97 Å². The average molecular weight is 277 g/mol. The Morgan fingerprint density at radius 3 is 2.63 bits per heavy atom. The quantitative estimate of drug-likeness (QED) is 0.623. The lowest BCUT2D eigenvalue weighted by atomic mass is 10.2. The molecule has 1 fully saturated rings. The second kappa shape index (κ2) is 5.71. The van der Waals surface area contributed by atoms with Crippen LogP contribution in [0.3, 0.4) is 0 Å². The van der Waals surface area contributed by atoms with Gasteiger partial charge in [-0.2, -0.15) is 0 Å². The highest BCUT2D eigenvalue weighted by Gasteiger charge is 2.36. The molecule has 0 bridgehead atoms. The van der Waals surface area contributed by atoms with Gasteiger partial charge in [0.25, 0.3) is 11.1 Å². The van der Waals surface area contributed by atoms with Crippen LogP contribution in [0.1, 0.15) is 5.56 Å². The number of nitrogens with zero attached hydrogens (tertiary/aromatic N) is 1. The van der Waals surface area contributed by atoms with E-state index in [4.69, 9.17) is 0 Å². The lowest BCUT2D eigenvalue weighted by Gasteiger charge is -2.09. The minimum atomic E-state index is -0.622. The molecule has 5 nitrogen and oxygen atoms in total. The minimum Gasteiger partial charge on any atom is -0.468 e. The van der Waals surface area contributed by atoms with Crippen molar-refractivity contribution in [3.8, 4) is 0 Å². The van der Waals surface area contributed by atoms with E-state index in [1.807, 2.05) is 30.3 Å². The van der Waals surface area contributed by atoms with Gasteiger partial charge in [0.05, 0.1) is 12.0 Å². The first-order chi connectivity index (χ1) is 9.11. The van der Waals surface area contributed by atoms with E-state index in [0.717, 1.165) is 22.2 Å². The molecule has 2 amide bonds. The molecule has 0 atom stereocenters. The second-order valence-corrected chi connectivity index (χ2v) is 4.75. The Morgan fingerprint density at radius 1 is 1.32 bits per heavy atom. The summed E-state index contributed by atoms with van der Waals surface area (Å²) >= 11 is 0.820. The molecule has 0 unspecified atom stereocenters. The maximum Gasteiger partial charge on any atom is 0.325 e. The molecule has 1 heterocycles. The van der Waals surface area contributed by atoms with Crippen molar-refractivity contribution in [2.75, 3.05) is 13.7 Å². The number of carbonyl (C=O) groups excluding carboxylic acids is 3. The number of benzene rings is 1. The van der Waals surface area contributed by atoms with Crippen molar-refractivity contribution < 1.29 is 19.1 Å². The van der Waals surface area contributed by atoms with Gasteiger partial charge in [0.2, 0.25) is 0 Å². The van der Waals surface area contributed by atoms with Crippen molar-refractivity contribution in [2.45, 2.75) is 0 Å². The van der Waals surface area contributed by atoms with Gasteiger partial charge in [-0.05, 0) is 23.4 Å². The SMILES string of the molecule is COC(=O)CN1C(=O)SC(=Cc2ccccc2)C1=O. The number of rotatable bonds is 3. The second-order valence-electron chi connectivity index (χ2n) is 3.75. The van der Waals surface area contributed by atoms with Crippen LogP contribution >= 0.6 is 11.8 Å². The van der Waals surface area contributed by atoms with E-state index in [0.29, 0.717) is 4.91 Å². The van der Waals surface area contributed by atoms with Gasteiger partial charge in [-0.3, -0.25) is 19.3 Å². The van der Waals surface area contributed by atoms with E-state index in [-0.39, 0.29) is 6.54 Å². The molecule has 1 aliphatic heterocycles. The molecule has 1 aliphatic rings. The third kappa shape index (κ3) is 3.03. The van der Waals surface area contributed by atoms with Crippen LogP contribution in [-0.4, -0.2) is 35.7 Å². The summed E-state index contributed by atoms with van der Waals surface area (Å²) in [6.45, 7) is -0.354. The molecule has 0 spiro atoms. The van der Waals surface area contributed by atoms with Crippen molar-refractivity contribution in [2.24, 2.45) is 0 Å². The summed E-state index contributed by atoms with van der Waals surface area (Å²) in [6.07, 6.45) is 1.63. The molecule has 98 valence electrons. The van der Waals surface area contributed by atoms with Crippen molar-refractivity contribution in [3.05, 3.63) is 40.8 Å². The largest absolute Gasteiger partial charge is 0.468 e. The zero-order valence-electron chi connectivity index (χ0n) is 10.2. The van der Waals surface area contributed by atoms with E-state index in [1.165, 1.54) is 7.11 Å². The first-order valence-corrected chi connectivity index (χ1v) is 6.30. The molecule has 19 heavy (non-hydrogen) atoms. The fourth-order valence-electron chi connectivity index (χ4n) is 1.53. The number of amides is 2. The molecule has 0 saturated carbocycles. The molecule has 6 heteroatoms. The fraction of sp³-hybridized carbons (Fsp3) is 0.154. The van der Waals surface area contributed by atoms with Gasteiger partial charge in [0.1, 0.15) is 6.54 Å². The van der Waals surface area contributed by atoms with Gasteiger partial charge < -0.3 is 4.74 Å². The molecule has 0 radical (unpaired) electrons. The number of methoxy groups -OCH3 is 1. The van der Waals surface area contributed by atoms with Crippen LogP contribution in [-0.2, 0) is 14.3 Å². The Balaban J connectivity index is 2.18. The first kappa shape index (κ1) is 13.4. The van der Waals surface area contributed by atoms with Crippen LogP contribution in [0.4, 0.5) is 4.79 Å². The van der Waals surface area contributed by atoms with E-state index in [2.05, 4.69) is 4.74 Å². The minimum absolute atomic E-state index is 0.306. The van der Waals surface area contributed by atoms with Gasteiger partial charge in [0.15, 0.2) is 0 Å². The summed E-state index contributed by atoms with van der Waals surface area (Å²) in [5.74, 6) is -1.09. The van der Waals surface area contributed by atoms with Crippen LogP contribution in [0.2, 0.25) is 0 Å². The summed E-state index contributed by atoms with van der Waals surface area (Å²) in [6, 6.07) is 9.19. The topological polar surface area (TPSA) is 63.7 Å². The number of hydrogen-bond acceptors (Lipinski definition) is 5. The molecular formula is C13H11NO4S. The number of imide groups is 1. The van der Waals surface area contributed by atoms with E-state index >= 15 is 0 Å². The van der Waals surface area contributed by atoms with Gasteiger partial charge in [0, 0.05) is 0 Å². The van der Waals surface area contributed by atoms with E-state index in [1.54, 1.807) is 6.08 Å². The highest BCUT2D eigenvalue weighted by molar-refractivity contribution is 8.18. The molecule has 0 aromatic heterocycles. The predicted octanol–water partition coefficient (Wildman–Crippen LogP) is 1.90. The lowest BCUT2D eigenvalue weighted by molar-refractivity contribution is -0.143. The highest BCUT2D eigenvalue weighted by atomic mass is 32.2. The molecule has 0 aliphatic carbocycles. The van der Waals surface area contributed by atoms with Crippen molar-refractivity contribution >= 4 is 35.0 Å². The Labute approximate surface area is 114 Å². The number of esters is 1. The summed E-state index contributed by atoms with van der Waals surface area (Å²) in [5, 5.41) is -0.461. The maximum absolute atomic E-state index is 12.0. The number of hydrogen-bond donors (Lipinski definition) is 0. The predicted molar refractivity (Wildman–Crippen MR) is 71.1 cm³/mol. The molecule has 1 aromatic rings. The van der Waals surface area contributed by atoms with Crippen LogP contribution in [0.25, 0.3) is 6.08 Å². The summed E-state index contributed by atoms with van der Waals surface area (Å²) in [5.41, 5.74) is 0.825. The van der Waals surface area contributed by atoms with E-state index in [9.17, 15) is 14.4 Å². The number of carbonyl (C=O) groups is 3. The van der Waals surface area contributed by atoms with Gasteiger partial charge in [-0.25, -0.2) is 0 Å². The van der Waals surface area contributed by atoms with Crippen molar-refractivity contribution in [3.63, 3.8) is 0 Å². The first-order valence-electron chi connectivity index (χ1n) is 5.49. The zero-order valence-corrected chi connectivity index (χ0v) is 11.0. The Kier molecular flexibility index (Phi) is 4.01. The standard InChI is InChI=1S/C13H11NO4S/c1-18-11(15)8-14-12(16)10(19-13(14)17)7-9-5-3-2-4-6-9/h2-7H,8H2,1H3. The van der Waals surface area contributed by atoms with Gasteiger partial charge in [-0.1, -0.05) is 30.3 Å². The summed E-state index contributed by atoms with van der Waals surface area (Å²) < 4.78 is 4.45. The maximum atomic E-state index is 12.0. The third-order valence-corrected chi connectivity index (χ3v) is 3.39. The molecule has 1 saturated heterocycles. The molecule has 0 N–H and O–H groups in total. The Hall–Kier alpha value is -2.08. The van der Waals surface area contributed by atoms with Crippen LogP contribution in [0.5, 0.6) is 0 Å². The molecule has 2 rings (SSSR count). The number of ether oxygens (including phenoxy) is 1. The van der Waals surface area contributed by atoms with Crippen LogP contribution < -0.4 is 0 Å². The zero-order chi connectivity index (χ0) is 13.8. The van der Waals surface area contributed by atoms with Crippen LogP contribution in [0.15, 0.2) is 35.2 Å². The Bertz CT molecular complexity index is 553. The molecule has 1 aromatic carbocycles. The molecular weight excluding hydrogens is 266 g/mol. The monoisotopic (exact) mass is 277 g/mol. The fourth-order valence-corrected chi connectivity index (χ4v) is 2.37. The van der Waals surface area contributed by atoms with Crippen molar-refractivity contribution in [1.29, 1.82) is 0 Å². The number of thioether (sulfide) groups is 1. The normalized spacial score (nSPS) is 17.1. The average Bonchev–Trinajstić information content (AvgIpc) is 2.67. The lowest BCUT2D eigenvalue weighted by Crippen LogP contribution is -2.34. The summed E-state index contributed by atoms with van der Waals surface area (Å²) in [4.78, 5) is 35.9. The Morgan fingerprint density at radius 2 is 2.00 bits per heavy atom. The highest BCUT2D eigenvalue weighted by Crippen LogP contribution is 2.31. The van der Waals surface area contributed by atoms with Crippen LogP contribution in [0, 0.1) is 0 Å². The third-order valence-electron chi connectivity index (χ3n) is 2.49. The van der Waals surface area contributed by atoms with Crippen molar-refractivity contribution in [1.82, 2.24) is 4.90 Å². The summed E-state index contributed by atoms with van der Waals surface area (Å²) in [7, 11) is 1.21. The van der Waals surface area contributed by atoms with Gasteiger partial charge in [-0.15, -0.1) is 0 Å². The van der Waals surface area contributed by atoms with E-state index < -0.39 is 17.1 Å². The smallest absolute Gasteiger partial charge is 0.325 e.